The van der Waals surface area contributed by atoms with Gasteiger partial charge in [0.2, 0.25) is 0 Å². The first-order valence-corrected chi connectivity index (χ1v) is 7.99. The average Bonchev–Trinajstić information content (AvgIpc) is 2.38. The van der Waals surface area contributed by atoms with E-state index in [1.807, 2.05) is 0 Å². The number of halogens is 1. The van der Waals surface area contributed by atoms with Crippen LogP contribution in [0.3, 0.4) is 0 Å². The maximum absolute atomic E-state index is 6.47. The monoisotopic (exact) mass is 279 g/mol. The third-order valence-electron chi connectivity index (χ3n) is 4.45. The molecule has 0 bridgehead atoms. The topological polar surface area (TPSA) is 12.0 Å². The van der Waals surface area contributed by atoms with Crippen LogP contribution in [0.25, 0.3) is 0 Å². The Balaban J connectivity index is 2.19. The van der Waals surface area contributed by atoms with Crippen LogP contribution in [0, 0.1) is 18.8 Å². The molecule has 0 aromatic heterocycles. The normalized spacial score (nSPS) is 25.3. The Morgan fingerprint density at radius 1 is 1.26 bits per heavy atom. The summed E-state index contributed by atoms with van der Waals surface area (Å²) < 4.78 is 0. The second-order valence-corrected chi connectivity index (χ2v) is 6.49. The Morgan fingerprint density at radius 3 is 2.53 bits per heavy atom. The number of hydrogen-bond donors (Lipinski definition) is 1. The second-order valence-electron chi connectivity index (χ2n) is 6.08. The van der Waals surface area contributed by atoms with Crippen LogP contribution in [0.4, 0.5) is 0 Å². The van der Waals surface area contributed by atoms with Gasteiger partial charge in [-0.2, -0.15) is 0 Å². The average molecular weight is 280 g/mol. The summed E-state index contributed by atoms with van der Waals surface area (Å²) in [5.74, 6) is 1.63. The Morgan fingerprint density at radius 2 is 1.95 bits per heavy atom. The molecule has 1 saturated carbocycles. The second kappa shape index (κ2) is 6.76. The van der Waals surface area contributed by atoms with Gasteiger partial charge in [0, 0.05) is 11.1 Å². The molecule has 1 fully saturated rings. The van der Waals surface area contributed by atoms with Crippen molar-refractivity contribution < 1.29 is 0 Å². The van der Waals surface area contributed by atoms with Gasteiger partial charge < -0.3 is 5.32 Å². The first-order chi connectivity index (χ1) is 9.11. The largest absolute Gasteiger partial charge is 0.310 e. The van der Waals surface area contributed by atoms with Crippen LogP contribution in [-0.4, -0.2) is 6.54 Å². The summed E-state index contributed by atoms with van der Waals surface area (Å²) >= 11 is 6.47. The molecule has 0 heterocycles. The number of rotatable bonds is 4. The maximum atomic E-state index is 6.47. The standard InChI is InChI=1S/C17H26ClN/c1-4-19-17(14-8-5-12(2)6-9-14)15-10-7-13(3)11-16(15)18/h7,10-12,14,17,19H,4-6,8-9H2,1-3H3. The van der Waals surface area contributed by atoms with Crippen molar-refractivity contribution in [3.8, 4) is 0 Å². The lowest BCUT2D eigenvalue weighted by molar-refractivity contribution is 0.233. The molecule has 1 aromatic rings. The first kappa shape index (κ1) is 14.9. The van der Waals surface area contributed by atoms with Gasteiger partial charge in [-0.15, -0.1) is 0 Å². The third-order valence-corrected chi connectivity index (χ3v) is 4.77. The minimum atomic E-state index is 0.422. The molecule has 2 rings (SSSR count). The molecule has 1 N–H and O–H groups in total. The van der Waals surface area contributed by atoms with Crippen molar-refractivity contribution in [2.24, 2.45) is 11.8 Å². The van der Waals surface area contributed by atoms with Crippen molar-refractivity contribution in [2.45, 2.75) is 52.5 Å². The zero-order valence-corrected chi connectivity index (χ0v) is 13.1. The first-order valence-electron chi connectivity index (χ1n) is 7.61. The fourth-order valence-corrected chi connectivity index (χ4v) is 3.61. The maximum Gasteiger partial charge on any atom is 0.0456 e. The van der Waals surface area contributed by atoms with Gasteiger partial charge in [0.05, 0.1) is 0 Å². The number of benzene rings is 1. The number of aryl methyl sites for hydroxylation is 1. The zero-order chi connectivity index (χ0) is 13.8. The van der Waals surface area contributed by atoms with Crippen LogP contribution in [-0.2, 0) is 0 Å². The third kappa shape index (κ3) is 3.73. The minimum absolute atomic E-state index is 0.422. The molecule has 1 aromatic carbocycles. The lowest BCUT2D eigenvalue weighted by Crippen LogP contribution is -2.31. The zero-order valence-electron chi connectivity index (χ0n) is 12.4. The molecule has 1 aliphatic rings. The van der Waals surface area contributed by atoms with Crippen LogP contribution >= 0.6 is 11.6 Å². The molecule has 2 heteroatoms. The van der Waals surface area contributed by atoms with Crippen molar-refractivity contribution in [1.29, 1.82) is 0 Å². The molecule has 0 aliphatic heterocycles. The predicted octanol–water partition coefficient (Wildman–Crippen LogP) is 5.13. The van der Waals surface area contributed by atoms with Crippen molar-refractivity contribution in [3.05, 3.63) is 34.3 Å². The summed E-state index contributed by atoms with van der Waals surface area (Å²) in [5.41, 5.74) is 2.52. The molecular weight excluding hydrogens is 254 g/mol. The number of hydrogen-bond acceptors (Lipinski definition) is 1. The van der Waals surface area contributed by atoms with E-state index in [4.69, 9.17) is 11.6 Å². The number of nitrogens with one attached hydrogen (secondary N) is 1. The Bertz CT molecular complexity index is 408. The van der Waals surface area contributed by atoms with Gasteiger partial charge in [-0.3, -0.25) is 0 Å². The van der Waals surface area contributed by atoms with Gasteiger partial charge in [-0.1, -0.05) is 50.4 Å². The summed E-state index contributed by atoms with van der Waals surface area (Å²) in [4.78, 5) is 0. The van der Waals surface area contributed by atoms with E-state index < -0.39 is 0 Å². The fraction of sp³-hybridized carbons (Fsp3) is 0.647. The van der Waals surface area contributed by atoms with E-state index in [-0.39, 0.29) is 0 Å². The summed E-state index contributed by atoms with van der Waals surface area (Å²) in [6.45, 7) is 7.65. The van der Waals surface area contributed by atoms with Gasteiger partial charge in [-0.25, -0.2) is 0 Å². The van der Waals surface area contributed by atoms with Crippen molar-refractivity contribution in [2.75, 3.05) is 6.54 Å². The lowest BCUT2D eigenvalue weighted by Gasteiger charge is -2.34. The minimum Gasteiger partial charge on any atom is -0.310 e. The van der Waals surface area contributed by atoms with Gasteiger partial charge in [0.1, 0.15) is 0 Å². The fourth-order valence-electron chi connectivity index (χ4n) is 3.25. The van der Waals surface area contributed by atoms with E-state index in [1.165, 1.54) is 36.8 Å². The molecular formula is C17H26ClN. The Hall–Kier alpha value is -0.530. The van der Waals surface area contributed by atoms with Crippen molar-refractivity contribution in [3.63, 3.8) is 0 Å². The van der Waals surface area contributed by atoms with Crippen molar-refractivity contribution in [1.82, 2.24) is 5.32 Å². The van der Waals surface area contributed by atoms with Crippen molar-refractivity contribution >= 4 is 11.6 Å². The van der Waals surface area contributed by atoms with Crippen LogP contribution in [0.15, 0.2) is 18.2 Å². The molecule has 106 valence electrons. The predicted molar refractivity (Wildman–Crippen MR) is 83.7 cm³/mol. The summed E-state index contributed by atoms with van der Waals surface area (Å²) in [6.07, 6.45) is 5.36. The molecule has 0 saturated heterocycles. The molecule has 1 atom stereocenters. The summed E-state index contributed by atoms with van der Waals surface area (Å²) in [5, 5.41) is 4.58. The molecule has 0 radical (unpaired) electrons. The van der Waals surface area contributed by atoms with E-state index in [9.17, 15) is 0 Å². The Labute approximate surface area is 122 Å². The molecule has 0 amide bonds. The van der Waals surface area contributed by atoms with Gasteiger partial charge >= 0.3 is 0 Å². The molecule has 19 heavy (non-hydrogen) atoms. The van der Waals surface area contributed by atoms with Gasteiger partial charge in [-0.05, 0) is 55.3 Å². The Kier molecular flexibility index (Phi) is 5.29. The molecule has 1 nitrogen and oxygen atoms in total. The van der Waals surface area contributed by atoms with E-state index in [0.29, 0.717) is 6.04 Å². The summed E-state index contributed by atoms with van der Waals surface area (Å²) in [7, 11) is 0. The van der Waals surface area contributed by atoms with Gasteiger partial charge in [0.25, 0.3) is 0 Å². The van der Waals surface area contributed by atoms with Crippen LogP contribution < -0.4 is 5.32 Å². The summed E-state index contributed by atoms with van der Waals surface area (Å²) in [6, 6.07) is 6.90. The van der Waals surface area contributed by atoms with E-state index in [0.717, 1.165) is 23.4 Å². The highest BCUT2D eigenvalue weighted by Gasteiger charge is 2.27. The van der Waals surface area contributed by atoms with Crippen LogP contribution in [0.2, 0.25) is 5.02 Å². The quantitative estimate of drug-likeness (QED) is 0.806. The lowest BCUT2D eigenvalue weighted by atomic mass is 9.77. The SMILES string of the molecule is CCNC(c1ccc(C)cc1Cl)C1CCC(C)CC1. The highest BCUT2D eigenvalue weighted by Crippen LogP contribution is 2.38. The van der Waals surface area contributed by atoms with E-state index in [2.05, 4.69) is 44.3 Å². The van der Waals surface area contributed by atoms with E-state index >= 15 is 0 Å². The van der Waals surface area contributed by atoms with Gasteiger partial charge in [0.15, 0.2) is 0 Å². The van der Waals surface area contributed by atoms with Crippen LogP contribution in [0.5, 0.6) is 0 Å². The molecule has 0 spiro atoms. The molecule has 1 unspecified atom stereocenters. The van der Waals surface area contributed by atoms with Crippen LogP contribution in [0.1, 0.15) is 56.7 Å². The molecule has 1 aliphatic carbocycles. The highest BCUT2D eigenvalue weighted by atomic mass is 35.5. The highest BCUT2D eigenvalue weighted by molar-refractivity contribution is 6.31. The smallest absolute Gasteiger partial charge is 0.0456 e. The van der Waals surface area contributed by atoms with E-state index in [1.54, 1.807) is 0 Å².